The molecule has 0 unspecified atom stereocenters. The van der Waals surface area contributed by atoms with Crippen molar-refractivity contribution in [3.05, 3.63) is 51.0 Å². The van der Waals surface area contributed by atoms with Crippen molar-refractivity contribution < 1.29 is 19.0 Å². The van der Waals surface area contributed by atoms with E-state index in [9.17, 15) is 10.1 Å². The molecule has 0 radical (unpaired) electrons. The summed E-state index contributed by atoms with van der Waals surface area (Å²) >= 11 is 9.43. The Kier molecular flexibility index (Phi) is 7.11. The van der Waals surface area contributed by atoms with E-state index < -0.39 is 5.91 Å². The van der Waals surface area contributed by atoms with Gasteiger partial charge in [-0.05, 0) is 39.7 Å². The van der Waals surface area contributed by atoms with Crippen LogP contribution in [0.15, 0.2) is 40.4 Å². The lowest BCUT2D eigenvalue weighted by Gasteiger charge is -2.13. The van der Waals surface area contributed by atoms with E-state index in [0.29, 0.717) is 38.0 Å². The minimum atomic E-state index is -0.591. The topological polar surface area (TPSA) is 80.6 Å². The van der Waals surface area contributed by atoms with Gasteiger partial charge in [0.15, 0.2) is 0 Å². The summed E-state index contributed by atoms with van der Waals surface area (Å²) in [6, 6.07) is 10.2. The number of halogens is 2. The van der Waals surface area contributed by atoms with Crippen LogP contribution in [0.2, 0.25) is 5.02 Å². The molecule has 0 atom stereocenters. The Morgan fingerprint density at radius 2 is 1.78 bits per heavy atom. The van der Waals surface area contributed by atoms with Crippen LogP contribution >= 0.6 is 27.5 Å². The fourth-order valence-corrected chi connectivity index (χ4v) is 3.02. The first-order chi connectivity index (χ1) is 12.9. The quantitative estimate of drug-likeness (QED) is 0.510. The number of carbonyl (C=O) groups is 1. The van der Waals surface area contributed by atoms with Gasteiger partial charge in [-0.2, -0.15) is 5.26 Å². The summed E-state index contributed by atoms with van der Waals surface area (Å²) < 4.78 is 16.2. The second kappa shape index (κ2) is 9.31. The molecule has 1 amide bonds. The van der Waals surface area contributed by atoms with Crippen molar-refractivity contribution in [1.82, 2.24) is 0 Å². The van der Waals surface area contributed by atoms with Gasteiger partial charge < -0.3 is 19.5 Å². The molecule has 0 fully saturated rings. The van der Waals surface area contributed by atoms with Crippen LogP contribution < -0.4 is 19.5 Å². The molecule has 6 nitrogen and oxygen atoms in total. The Morgan fingerprint density at radius 3 is 2.33 bits per heavy atom. The van der Waals surface area contributed by atoms with E-state index >= 15 is 0 Å². The van der Waals surface area contributed by atoms with Crippen molar-refractivity contribution in [2.75, 3.05) is 26.6 Å². The smallest absolute Gasteiger partial charge is 0.266 e. The molecule has 0 bridgehead atoms. The van der Waals surface area contributed by atoms with Crippen LogP contribution in [0.4, 0.5) is 5.69 Å². The standard InChI is InChI=1S/C19H16BrClN2O4/c1-25-16-5-4-11(7-13(16)20)6-12(10-22)19(24)23-15-9-17(26-2)14(21)8-18(15)27-3/h4-9H,1-3H3,(H,23,24)/b12-6+. The van der Waals surface area contributed by atoms with Gasteiger partial charge >= 0.3 is 0 Å². The molecule has 0 aliphatic carbocycles. The lowest BCUT2D eigenvalue weighted by atomic mass is 10.1. The number of ether oxygens (including phenoxy) is 3. The highest BCUT2D eigenvalue weighted by Crippen LogP contribution is 2.36. The van der Waals surface area contributed by atoms with Gasteiger partial charge in [0.25, 0.3) is 5.91 Å². The maximum atomic E-state index is 12.5. The van der Waals surface area contributed by atoms with Gasteiger partial charge in [-0.3, -0.25) is 4.79 Å². The Hall–Kier alpha value is -2.69. The number of benzene rings is 2. The first kappa shape index (κ1) is 20.6. The lowest BCUT2D eigenvalue weighted by Crippen LogP contribution is -2.14. The Morgan fingerprint density at radius 1 is 1.11 bits per heavy atom. The van der Waals surface area contributed by atoms with Gasteiger partial charge in [-0.25, -0.2) is 0 Å². The largest absolute Gasteiger partial charge is 0.496 e. The fraction of sp³-hybridized carbons (Fsp3) is 0.158. The van der Waals surface area contributed by atoms with E-state index in [1.54, 1.807) is 25.3 Å². The van der Waals surface area contributed by atoms with Crippen LogP contribution in [-0.2, 0) is 4.79 Å². The third kappa shape index (κ3) is 4.94. The van der Waals surface area contributed by atoms with E-state index in [1.807, 2.05) is 6.07 Å². The summed E-state index contributed by atoms with van der Waals surface area (Å²) in [6.07, 6.45) is 1.47. The maximum Gasteiger partial charge on any atom is 0.266 e. The van der Waals surface area contributed by atoms with E-state index in [4.69, 9.17) is 25.8 Å². The second-order valence-electron chi connectivity index (χ2n) is 5.20. The summed E-state index contributed by atoms with van der Waals surface area (Å²) in [5.74, 6) is 0.771. The molecule has 1 N–H and O–H groups in total. The van der Waals surface area contributed by atoms with E-state index in [0.717, 1.165) is 0 Å². The average Bonchev–Trinajstić information content (AvgIpc) is 2.67. The molecular formula is C19H16BrClN2O4. The first-order valence-corrected chi connectivity index (χ1v) is 8.78. The number of nitrogens with zero attached hydrogens (tertiary/aromatic N) is 1. The summed E-state index contributed by atoms with van der Waals surface area (Å²) in [5.41, 5.74) is 0.916. The molecule has 2 rings (SSSR count). The van der Waals surface area contributed by atoms with Crippen LogP contribution in [0, 0.1) is 11.3 Å². The predicted molar refractivity (Wildman–Crippen MR) is 107 cm³/mol. The highest BCUT2D eigenvalue weighted by atomic mass is 79.9. The highest BCUT2D eigenvalue weighted by molar-refractivity contribution is 9.10. The van der Waals surface area contributed by atoms with E-state index in [1.165, 1.54) is 32.4 Å². The van der Waals surface area contributed by atoms with Crippen molar-refractivity contribution in [2.24, 2.45) is 0 Å². The Balaban J connectivity index is 2.33. The number of hydrogen-bond acceptors (Lipinski definition) is 5. The SMILES string of the molecule is COc1cc(NC(=O)/C(C#N)=C/c2ccc(OC)c(Br)c2)c(OC)cc1Cl. The minimum absolute atomic E-state index is 0.0805. The van der Waals surface area contributed by atoms with Gasteiger partial charge in [0.05, 0.1) is 36.5 Å². The highest BCUT2D eigenvalue weighted by Gasteiger charge is 2.15. The van der Waals surface area contributed by atoms with Crippen molar-refractivity contribution in [3.63, 3.8) is 0 Å². The number of amides is 1. The zero-order chi connectivity index (χ0) is 20.0. The number of carbonyl (C=O) groups excluding carboxylic acids is 1. The maximum absolute atomic E-state index is 12.5. The molecular weight excluding hydrogens is 436 g/mol. The second-order valence-corrected chi connectivity index (χ2v) is 6.47. The minimum Gasteiger partial charge on any atom is -0.496 e. The van der Waals surface area contributed by atoms with Gasteiger partial charge in [-0.15, -0.1) is 0 Å². The summed E-state index contributed by atoms with van der Waals surface area (Å²) in [5, 5.41) is 12.4. The molecule has 2 aromatic carbocycles. The fourth-order valence-electron chi connectivity index (χ4n) is 2.24. The third-order valence-corrected chi connectivity index (χ3v) is 4.49. The van der Waals surface area contributed by atoms with Gasteiger partial charge in [0.1, 0.15) is 28.9 Å². The zero-order valence-corrected chi connectivity index (χ0v) is 17.1. The van der Waals surface area contributed by atoms with Crippen LogP contribution in [0.3, 0.4) is 0 Å². The molecule has 0 saturated carbocycles. The molecule has 0 spiro atoms. The van der Waals surface area contributed by atoms with Crippen LogP contribution in [0.1, 0.15) is 5.56 Å². The summed E-state index contributed by atoms with van der Waals surface area (Å²) in [7, 11) is 4.46. The van der Waals surface area contributed by atoms with E-state index in [2.05, 4.69) is 21.2 Å². The predicted octanol–water partition coefficient (Wildman–Crippen LogP) is 4.67. The summed E-state index contributed by atoms with van der Waals surface area (Å²) in [4.78, 5) is 12.5. The zero-order valence-electron chi connectivity index (χ0n) is 14.8. The molecule has 0 saturated heterocycles. The molecule has 0 aromatic heterocycles. The monoisotopic (exact) mass is 450 g/mol. The third-order valence-electron chi connectivity index (χ3n) is 3.57. The van der Waals surface area contributed by atoms with Crippen LogP contribution in [0.25, 0.3) is 6.08 Å². The first-order valence-electron chi connectivity index (χ1n) is 7.61. The molecule has 0 aliphatic heterocycles. The van der Waals surface area contributed by atoms with Crippen LogP contribution in [0.5, 0.6) is 17.2 Å². The lowest BCUT2D eigenvalue weighted by molar-refractivity contribution is -0.112. The number of hydrogen-bond donors (Lipinski definition) is 1. The van der Waals surface area contributed by atoms with Crippen molar-refractivity contribution in [1.29, 1.82) is 5.26 Å². The van der Waals surface area contributed by atoms with Crippen molar-refractivity contribution in [3.8, 4) is 23.3 Å². The van der Waals surface area contributed by atoms with Crippen molar-refractivity contribution in [2.45, 2.75) is 0 Å². The Labute approximate surface area is 170 Å². The molecule has 2 aromatic rings. The molecule has 140 valence electrons. The molecule has 27 heavy (non-hydrogen) atoms. The number of nitriles is 1. The number of methoxy groups -OCH3 is 3. The van der Waals surface area contributed by atoms with E-state index in [-0.39, 0.29) is 5.57 Å². The number of rotatable bonds is 6. The van der Waals surface area contributed by atoms with Gasteiger partial charge in [0.2, 0.25) is 0 Å². The Bertz CT molecular complexity index is 938. The molecule has 0 heterocycles. The number of nitrogens with one attached hydrogen (secondary N) is 1. The summed E-state index contributed by atoms with van der Waals surface area (Å²) in [6.45, 7) is 0. The normalized spacial score (nSPS) is 10.7. The average molecular weight is 452 g/mol. The molecule has 8 heteroatoms. The van der Waals surface area contributed by atoms with Gasteiger partial charge in [-0.1, -0.05) is 17.7 Å². The van der Waals surface area contributed by atoms with Gasteiger partial charge in [0, 0.05) is 12.1 Å². The molecule has 0 aliphatic rings. The number of anilines is 1. The van der Waals surface area contributed by atoms with Crippen LogP contribution in [-0.4, -0.2) is 27.2 Å². The van der Waals surface area contributed by atoms with Crippen molar-refractivity contribution >= 4 is 45.2 Å².